The molecule has 2 nitrogen and oxygen atoms in total. The van der Waals surface area contributed by atoms with Crippen molar-refractivity contribution in [2.75, 3.05) is 12.5 Å². The molecule has 1 aliphatic heterocycles. The van der Waals surface area contributed by atoms with Crippen LogP contribution in [0.15, 0.2) is 0 Å². The SMILES string of the molecule is O=C1CC(CCl)CO1. The zero-order chi connectivity index (χ0) is 5.98. The van der Waals surface area contributed by atoms with E-state index in [1.165, 1.54) is 0 Å². The van der Waals surface area contributed by atoms with E-state index in [1.807, 2.05) is 0 Å². The summed E-state index contributed by atoms with van der Waals surface area (Å²) >= 11 is 5.44. The third kappa shape index (κ3) is 1.13. The van der Waals surface area contributed by atoms with Crippen LogP contribution in [-0.2, 0) is 9.53 Å². The van der Waals surface area contributed by atoms with E-state index >= 15 is 0 Å². The van der Waals surface area contributed by atoms with Crippen LogP contribution in [-0.4, -0.2) is 18.5 Å². The molecule has 1 fully saturated rings. The van der Waals surface area contributed by atoms with Crippen molar-refractivity contribution in [3.63, 3.8) is 0 Å². The molecule has 1 saturated heterocycles. The molecule has 0 saturated carbocycles. The predicted octanol–water partition coefficient (Wildman–Crippen LogP) is 0.788. The molecule has 46 valence electrons. The van der Waals surface area contributed by atoms with Crippen LogP contribution in [0.25, 0.3) is 0 Å². The first kappa shape index (κ1) is 5.89. The summed E-state index contributed by atoms with van der Waals surface area (Å²) in [6, 6.07) is 0. The molecule has 0 aliphatic carbocycles. The topological polar surface area (TPSA) is 26.3 Å². The minimum atomic E-state index is -0.115. The molecular weight excluding hydrogens is 128 g/mol. The summed E-state index contributed by atoms with van der Waals surface area (Å²) in [5.41, 5.74) is 0. The zero-order valence-electron chi connectivity index (χ0n) is 4.39. The van der Waals surface area contributed by atoms with E-state index in [1.54, 1.807) is 0 Å². The Morgan fingerprint density at radius 3 is 2.88 bits per heavy atom. The molecule has 1 heterocycles. The summed E-state index contributed by atoms with van der Waals surface area (Å²) in [4.78, 5) is 10.3. The maximum absolute atomic E-state index is 10.3. The number of halogens is 1. The summed E-state index contributed by atoms with van der Waals surface area (Å²) in [5.74, 6) is 0.686. The number of alkyl halides is 1. The lowest BCUT2D eigenvalue weighted by molar-refractivity contribution is -0.137. The summed E-state index contributed by atoms with van der Waals surface area (Å²) < 4.78 is 4.63. The molecule has 0 aromatic carbocycles. The first-order valence-electron chi connectivity index (χ1n) is 2.54. The second kappa shape index (κ2) is 2.35. The zero-order valence-corrected chi connectivity index (χ0v) is 5.15. The molecule has 0 amide bonds. The third-order valence-electron chi connectivity index (χ3n) is 1.15. The molecular formula is C5H7ClO2. The molecule has 0 N–H and O–H groups in total. The fourth-order valence-corrected chi connectivity index (χ4v) is 0.862. The Kier molecular flexibility index (Phi) is 1.73. The molecule has 0 aromatic rings. The molecule has 0 radical (unpaired) electrons. The summed E-state index contributed by atoms with van der Waals surface area (Å²) in [6.45, 7) is 0.516. The van der Waals surface area contributed by atoms with Gasteiger partial charge in [-0.2, -0.15) is 0 Å². The fourth-order valence-electron chi connectivity index (χ4n) is 0.663. The quantitative estimate of drug-likeness (QED) is 0.392. The predicted molar refractivity (Wildman–Crippen MR) is 29.8 cm³/mol. The van der Waals surface area contributed by atoms with Crippen molar-refractivity contribution in [1.82, 2.24) is 0 Å². The highest BCUT2D eigenvalue weighted by Gasteiger charge is 2.21. The third-order valence-corrected chi connectivity index (χ3v) is 1.59. The van der Waals surface area contributed by atoms with Gasteiger partial charge >= 0.3 is 5.97 Å². The van der Waals surface area contributed by atoms with Gasteiger partial charge in [0, 0.05) is 11.8 Å². The molecule has 0 aromatic heterocycles. The van der Waals surface area contributed by atoms with Crippen molar-refractivity contribution >= 4 is 17.6 Å². The molecule has 8 heavy (non-hydrogen) atoms. The van der Waals surface area contributed by atoms with Gasteiger partial charge in [-0.15, -0.1) is 11.6 Å². The van der Waals surface area contributed by atoms with Gasteiger partial charge in [-0.1, -0.05) is 0 Å². The van der Waals surface area contributed by atoms with Crippen molar-refractivity contribution in [2.45, 2.75) is 6.42 Å². The number of esters is 1. The Hall–Kier alpha value is -0.240. The maximum atomic E-state index is 10.3. The standard InChI is InChI=1S/C5H7ClO2/c6-2-4-1-5(7)8-3-4/h4H,1-3H2. The van der Waals surface area contributed by atoms with Gasteiger partial charge in [-0.25, -0.2) is 0 Å². The van der Waals surface area contributed by atoms with Crippen LogP contribution >= 0.6 is 11.6 Å². The van der Waals surface area contributed by atoms with Crippen LogP contribution in [0.2, 0.25) is 0 Å². The molecule has 1 rings (SSSR count). The lowest BCUT2D eigenvalue weighted by Crippen LogP contribution is -1.99. The van der Waals surface area contributed by atoms with E-state index in [-0.39, 0.29) is 11.9 Å². The number of carbonyl (C=O) groups is 1. The van der Waals surface area contributed by atoms with Crippen molar-refractivity contribution in [2.24, 2.45) is 5.92 Å². The van der Waals surface area contributed by atoms with Crippen LogP contribution in [0.4, 0.5) is 0 Å². The number of carbonyl (C=O) groups excluding carboxylic acids is 1. The number of hydrogen-bond donors (Lipinski definition) is 0. The highest BCUT2D eigenvalue weighted by molar-refractivity contribution is 6.18. The largest absolute Gasteiger partial charge is 0.465 e. The van der Waals surface area contributed by atoms with Gasteiger partial charge in [-0.3, -0.25) is 4.79 Å². The first-order chi connectivity index (χ1) is 3.83. The van der Waals surface area contributed by atoms with Crippen LogP contribution in [0.5, 0.6) is 0 Å². The average molecular weight is 135 g/mol. The Balaban J connectivity index is 2.32. The van der Waals surface area contributed by atoms with Crippen LogP contribution in [0.3, 0.4) is 0 Å². The summed E-state index contributed by atoms with van der Waals surface area (Å²) in [6.07, 6.45) is 0.503. The molecule has 1 aliphatic rings. The smallest absolute Gasteiger partial charge is 0.306 e. The Bertz CT molecular complexity index is 103. The molecule has 1 unspecified atom stereocenters. The van der Waals surface area contributed by atoms with Crippen molar-refractivity contribution in [3.8, 4) is 0 Å². The van der Waals surface area contributed by atoms with E-state index in [0.29, 0.717) is 18.9 Å². The normalized spacial score (nSPS) is 28.1. The lowest BCUT2D eigenvalue weighted by Gasteiger charge is -1.93. The van der Waals surface area contributed by atoms with E-state index in [0.717, 1.165) is 0 Å². The second-order valence-corrected chi connectivity index (χ2v) is 2.22. The Morgan fingerprint density at radius 2 is 2.62 bits per heavy atom. The molecule has 0 bridgehead atoms. The monoisotopic (exact) mass is 134 g/mol. The minimum absolute atomic E-state index is 0.115. The summed E-state index contributed by atoms with van der Waals surface area (Å²) in [5, 5.41) is 0. The number of ether oxygens (including phenoxy) is 1. The van der Waals surface area contributed by atoms with Crippen LogP contribution in [0, 0.1) is 5.92 Å². The van der Waals surface area contributed by atoms with Gasteiger partial charge in [0.15, 0.2) is 0 Å². The fraction of sp³-hybridized carbons (Fsp3) is 0.800. The van der Waals surface area contributed by atoms with E-state index in [9.17, 15) is 4.79 Å². The van der Waals surface area contributed by atoms with Gasteiger partial charge < -0.3 is 4.74 Å². The van der Waals surface area contributed by atoms with Gasteiger partial charge in [0.2, 0.25) is 0 Å². The number of rotatable bonds is 1. The molecule has 3 heteroatoms. The average Bonchev–Trinajstić information content (AvgIpc) is 2.14. The van der Waals surface area contributed by atoms with E-state index in [2.05, 4.69) is 4.74 Å². The highest BCUT2D eigenvalue weighted by atomic mass is 35.5. The first-order valence-corrected chi connectivity index (χ1v) is 3.08. The van der Waals surface area contributed by atoms with Crippen LogP contribution in [0.1, 0.15) is 6.42 Å². The van der Waals surface area contributed by atoms with Gasteiger partial charge in [-0.05, 0) is 0 Å². The van der Waals surface area contributed by atoms with Gasteiger partial charge in [0.05, 0.1) is 13.0 Å². The molecule has 1 atom stereocenters. The van der Waals surface area contributed by atoms with Crippen molar-refractivity contribution in [3.05, 3.63) is 0 Å². The summed E-state index contributed by atoms with van der Waals surface area (Å²) in [7, 11) is 0. The highest BCUT2D eigenvalue weighted by Crippen LogP contribution is 2.14. The minimum Gasteiger partial charge on any atom is -0.465 e. The number of cyclic esters (lactones) is 1. The van der Waals surface area contributed by atoms with Crippen molar-refractivity contribution < 1.29 is 9.53 Å². The van der Waals surface area contributed by atoms with Crippen molar-refractivity contribution in [1.29, 1.82) is 0 Å². The Morgan fingerprint density at radius 1 is 1.88 bits per heavy atom. The van der Waals surface area contributed by atoms with Crippen LogP contribution < -0.4 is 0 Å². The maximum Gasteiger partial charge on any atom is 0.306 e. The second-order valence-electron chi connectivity index (χ2n) is 1.91. The Labute approximate surface area is 52.8 Å². The number of hydrogen-bond acceptors (Lipinski definition) is 2. The van der Waals surface area contributed by atoms with E-state index in [4.69, 9.17) is 11.6 Å². The van der Waals surface area contributed by atoms with Gasteiger partial charge in [0.25, 0.3) is 0 Å². The lowest BCUT2D eigenvalue weighted by atomic mass is 10.2. The molecule has 0 spiro atoms. The van der Waals surface area contributed by atoms with Gasteiger partial charge in [0.1, 0.15) is 0 Å². The van der Waals surface area contributed by atoms with E-state index < -0.39 is 0 Å².